The van der Waals surface area contributed by atoms with Gasteiger partial charge in [-0.1, -0.05) is 11.6 Å². The summed E-state index contributed by atoms with van der Waals surface area (Å²) >= 11 is 5.83. The van der Waals surface area contributed by atoms with Gasteiger partial charge < -0.3 is 4.74 Å². The Morgan fingerprint density at radius 3 is 2.84 bits per heavy atom. The van der Waals surface area contributed by atoms with E-state index in [4.69, 9.17) is 16.3 Å². The Labute approximate surface area is 116 Å². The zero-order valence-corrected chi connectivity index (χ0v) is 11.7. The summed E-state index contributed by atoms with van der Waals surface area (Å²) in [5.41, 5.74) is 0.668. The maximum absolute atomic E-state index is 11.4. The molecular formula is C13H11ClNO3S. The fourth-order valence-corrected chi connectivity index (χ4v) is 2.21. The fraction of sp³-hybridized carbons (Fsp3) is 0.154. The monoisotopic (exact) mass is 296 g/mol. The molecule has 0 N–H and O–H groups in total. The van der Waals surface area contributed by atoms with Crippen LogP contribution in [0.4, 0.5) is 0 Å². The van der Waals surface area contributed by atoms with E-state index in [2.05, 4.69) is 11.1 Å². The molecule has 0 aliphatic rings. The van der Waals surface area contributed by atoms with Gasteiger partial charge in [-0.25, -0.2) is 8.42 Å². The number of aromatic nitrogens is 1. The second-order valence-electron chi connectivity index (χ2n) is 3.91. The number of hydrogen-bond donors (Lipinski definition) is 0. The minimum atomic E-state index is -3.29. The molecule has 19 heavy (non-hydrogen) atoms. The molecule has 2 rings (SSSR count). The van der Waals surface area contributed by atoms with Crippen molar-refractivity contribution in [3.8, 4) is 5.75 Å². The number of pyridine rings is 1. The minimum Gasteiger partial charge on any atom is -0.487 e. The summed E-state index contributed by atoms with van der Waals surface area (Å²) in [6.07, 6.45) is 2.71. The summed E-state index contributed by atoms with van der Waals surface area (Å²) in [5.74, 6) is 0.445. The number of rotatable bonds is 4. The largest absolute Gasteiger partial charge is 0.487 e. The molecule has 1 aromatic carbocycles. The van der Waals surface area contributed by atoms with Crippen molar-refractivity contribution in [3.63, 3.8) is 0 Å². The number of hydrogen-bond acceptors (Lipinski definition) is 4. The molecule has 0 atom stereocenters. The summed E-state index contributed by atoms with van der Waals surface area (Å²) < 4.78 is 28.3. The van der Waals surface area contributed by atoms with Gasteiger partial charge in [-0.2, -0.15) is 0 Å². The summed E-state index contributed by atoms with van der Waals surface area (Å²) in [4.78, 5) is 4.19. The van der Waals surface area contributed by atoms with Crippen LogP contribution in [0.25, 0.3) is 0 Å². The fourth-order valence-electron chi connectivity index (χ4n) is 1.41. The molecule has 1 heterocycles. The summed E-state index contributed by atoms with van der Waals surface area (Å²) in [6.45, 7) is 0.216. The quantitative estimate of drug-likeness (QED) is 0.870. The lowest BCUT2D eigenvalue weighted by atomic mass is 10.3. The SMILES string of the molecule is CS(=O)(=O)c1[c]ccc(OCc2cc(Cl)ccn2)c1. The molecule has 4 nitrogen and oxygen atoms in total. The molecule has 0 saturated carbocycles. The Hall–Kier alpha value is -1.59. The summed E-state index contributed by atoms with van der Waals surface area (Å²) in [7, 11) is -3.29. The van der Waals surface area contributed by atoms with Crippen molar-refractivity contribution in [1.29, 1.82) is 0 Å². The highest BCUT2D eigenvalue weighted by atomic mass is 35.5. The molecule has 0 aliphatic heterocycles. The van der Waals surface area contributed by atoms with Gasteiger partial charge >= 0.3 is 0 Å². The predicted molar refractivity (Wildman–Crippen MR) is 72.0 cm³/mol. The molecule has 6 heteroatoms. The standard InChI is InChI=1S/C13H11ClNO3S/c1-19(16,17)13-4-2-3-12(8-13)18-9-11-7-10(14)5-6-15-11/h2-3,5-8H,9H2,1H3. The van der Waals surface area contributed by atoms with Crippen LogP contribution < -0.4 is 4.74 Å². The van der Waals surface area contributed by atoms with Crippen molar-refractivity contribution in [2.24, 2.45) is 0 Å². The van der Waals surface area contributed by atoms with Crippen LogP contribution in [0.5, 0.6) is 5.75 Å². The Morgan fingerprint density at radius 1 is 1.37 bits per heavy atom. The lowest BCUT2D eigenvalue weighted by Gasteiger charge is -2.07. The number of benzene rings is 1. The average molecular weight is 297 g/mol. The van der Waals surface area contributed by atoms with Crippen LogP contribution in [0.1, 0.15) is 5.69 Å². The average Bonchev–Trinajstić information content (AvgIpc) is 2.36. The molecule has 0 spiro atoms. The lowest BCUT2D eigenvalue weighted by Crippen LogP contribution is -2.00. The zero-order chi connectivity index (χ0) is 13.9. The Morgan fingerprint density at radius 2 is 2.16 bits per heavy atom. The first-order chi connectivity index (χ1) is 8.95. The molecule has 1 aromatic heterocycles. The van der Waals surface area contributed by atoms with Crippen LogP contribution in [-0.2, 0) is 16.4 Å². The Balaban J connectivity index is 2.12. The highest BCUT2D eigenvalue weighted by Crippen LogP contribution is 2.18. The Kier molecular flexibility index (Phi) is 4.07. The third-order valence-corrected chi connectivity index (χ3v) is 3.58. The molecule has 2 aromatic rings. The van der Waals surface area contributed by atoms with Crippen molar-refractivity contribution in [2.45, 2.75) is 11.5 Å². The second-order valence-corrected chi connectivity index (χ2v) is 6.34. The van der Waals surface area contributed by atoms with Gasteiger partial charge in [-0.15, -0.1) is 0 Å². The highest BCUT2D eigenvalue weighted by Gasteiger charge is 2.08. The summed E-state index contributed by atoms with van der Waals surface area (Å²) in [5, 5.41) is 0.576. The second kappa shape index (κ2) is 5.59. The number of ether oxygens (including phenoxy) is 1. The van der Waals surface area contributed by atoms with Gasteiger partial charge in [0.25, 0.3) is 0 Å². The van der Waals surface area contributed by atoms with Gasteiger partial charge in [0, 0.05) is 23.5 Å². The number of sulfone groups is 1. The van der Waals surface area contributed by atoms with E-state index in [9.17, 15) is 8.42 Å². The molecule has 0 fully saturated rings. The van der Waals surface area contributed by atoms with Gasteiger partial charge in [0.1, 0.15) is 12.4 Å². The van der Waals surface area contributed by atoms with E-state index < -0.39 is 9.84 Å². The van der Waals surface area contributed by atoms with Gasteiger partial charge in [-0.3, -0.25) is 4.98 Å². The number of nitrogens with zero attached hydrogens (tertiary/aromatic N) is 1. The van der Waals surface area contributed by atoms with E-state index >= 15 is 0 Å². The minimum absolute atomic E-state index is 0.101. The molecule has 0 aliphatic carbocycles. The van der Waals surface area contributed by atoms with Crippen LogP contribution in [0.3, 0.4) is 0 Å². The molecule has 99 valence electrons. The summed E-state index contributed by atoms with van der Waals surface area (Å²) in [6, 6.07) is 10.6. The van der Waals surface area contributed by atoms with Gasteiger partial charge in [-0.05, 0) is 30.3 Å². The van der Waals surface area contributed by atoms with E-state index in [1.54, 1.807) is 24.4 Å². The lowest BCUT2D eigenvalue weighted by molar-refractivity contribution is 0.300. The molecule has 0 saturated heterocycles. The highest BCUT2D eigenvalue weighted by molar-refractivity contribution is 7.90. The number of halogens is 1. The normalized spacial score (nSPS) is 11.3. The Bertz CT molecular complexity index is 686. The molecule has 0 bridgehead atoms. The van der Waals surface area contributed by atoms with E-state index in [1.807, 2.05) is 0 Å². The van der Waals surface area contributed by atoms with E-state index in [0.717, 1.165) is 6.26 Å². The van der Waals surface area contributed by atoms with Crippen molar-refractivity contribution in [3.05, 3.63) is 53.3 Å². The molecule has 1 radical (unpaired) electrons. The van der Waals surface area contributed by atoms with Crippen LogP contribution in [-0.4, -0.2) is 19.7 Å². The van der Waals surface area contributed by atoms with Crippen LogP contribution in [0, 0.1) is 6.07 Å². The van der Waals surface area contributed by atoms with Crippen molar-refractivity contribution in [1.82, 2.24) is 4.98 Å². The topological polar surface area (TPSA) is 56.3 Å². The third-order valence-electron chi connectivity index (χ3n) is 2.31. The van der Waals surface area contributed by atoms with Crippen molar-refractivity contribution < 1.29 is 13.2 Å². The van der Waals surface area contributed by atoms with E-state index in [-0.39, 0.29) is 11.5 Å². The van der Waals surface area contributed by atoms with Gasteiger partial charge in [0.15, 0.2) is 9.84 Å². The van der Waals surface area contributed by atoms with Crippen LogP contribution in [0.2, 0.25) is 5.02 Å². The van der Waals surface area contributed by atoms with Crippen LogP contribution in [0.15, 0.2) is 41.4 Å². The predicted octanol–water partition coefficient (Wildman–Crippen LogP) is 2.52. The maximum atomic E-state index is 11.4. The van der Waals surface area contributed by atoms with E-state index in [1.165, 1.54) is 12.1 Å². The molecule has 0 amide bonds. The molecular weight excluding hydrogens is 286 g/mol. The van der Waals surface area contributed by atoms with E-state index in [0.29, 0.717) is 16.5 Å². The first-order valence-electron chi connectivity index (χ1n) is 5.40. The van der Waals surface area contributed by atoms with Gasteiger partial charge in [0.2, 0.25) is 0 Å². The zero-order valence-electron chi connectivity index (χ0n) is 10.1. The first kappa shape index (κ1) is 13.8. The van der Waals surface area contributed by atoms with Crippen molar-refractivity contribution in [2.75, 3.05) is 6.26 Å². The van der Waals surface area contributed by atoms with Gasteiger partial charge in [0.05, 0.1) is 10.6 Å². The molecule has 0 unspecified atom stereocenters. The smallest absolute Gasteiger partial charge is 0.176 e. The third kappa shape index (κ3) is 3.94. The maximum Gasteiger partial charge on any atom is 0.176 e. The first-order valence-corrected chi connectivity index (χ1v) is 7.67. The van der Waals surface area contributed by atoms with Crippen LogP contribution >= 0.6 is 11.6 Å². The van der Waals surface area contributed by atoms with Crippen molar-refractivity contribution >= 4 is 21.4 Å².